The van der Waals surface area contributed by atoms with Gasteiger partial charge in [0, 0.05) is 13.0 Å². The summed E-state index contributed by atoms with van der Waals surface area (Å²) in [6.45, 7) is 7.63. The summed E-state index contributed by atoms with van der Waals surface area (Å²) >= 11 is 0. The Balaban J connectivity index is 0. The lowest BCUT2D eigenvalue weighted by atomic mass is 10.1. The van der Waals surface area contributed by atoms with Crippen molar-refractivity contribution in [1.29, 1.82) is 0 Å². The second-order valence-electron chi connectivity index (χ2n) is 4.58. The Labute approximate surface area is 127 Å². The van der Waals surface area contributed by atoms with Crippen LogP contribution >= 0.6 is 0 Å². The van der Waals surface area contributed by atoms with Crippen LogP contribution in [-0.2, 0) is 9.63 Å². The predicted octanol–water partition coefficient (Wildman–Crippen LogP) is 3.14. The molecule has 1 aliphatic heterocycles. The second-order valence-corrected chi connectivity index (χ2v) is 4.58. The number of hydrogen-bond donors (Lipinski definition) is 2. The van der Waals surface area contributed by atoms with E-state index < -0.39 is 5.97 Å². The highest BCUT2D eigenvalue weighted by Gasteiger charge is 2.00. The molecule has 1 rings (SSSR count). The van der Waals surface area contributed by atoms with Crippen LogP contribution in [0, 0.1) is 4.91 Å². The molecule has 21 heavy (non-hydrogen) atoms. The van der Waals surface area contributed by atoms with E-state index in [1.165, 1.54) is 19.3 Å². The van der Waals surface area contributed by atoms with Crippen LogP contribution in [0.1, 0.15) is 59.3 Å². The average Bonchev–Trinajstić information content (AvgIpc) is 3.04. The molecular weight excluding hydrogens is 274 g/mol. The van der Waals surface area contributed by atoms with E-state index >= 15 is 0 Å². The maximum absolute atomic E-state index is 9.63. The van der Waals surface area contributed by atoms with Crippen LogP contribution in [0.15, 0.2) is 10.3 Å². The molecule has 1 heterocycles. The number of carbonyl (C=O) groups is 1. The van der Waals surface area contributed by atoms with Gasteiger partial charge in [0.25, 0.3) is 0 Å². The highest BCUT2D eigenvalue weighted by atomic mass is 16.7. The number of unbranched alkanes of at least 4 members (excludes halogenated alkanes) is 3. The maximum Gasteiger partial charge on any atom is 0.303 e. The number of nitrogens with one attached hydrogen (secondary N) is 1. The molecule has 0 radical (unpaired) electrons. The number of aliphatic imine (C=N–C) groups is 1. The topological polar surface area (TPSA) is 100 Å². The van der Waals surface area contributed by atoms with E-state index in [2.05, 4.69) is 27.4 Å². The summed E-state index contributed by atoms with van der Waals surface area (Å²) in [5.41, 5.74) is 0. The zero-order chi connectivity index (χ0) is 16.3. The van der Waals surface area contributed by atoms with Gasteiger partial charge in [-0.1, -0.05) is 33.1 Å². The molecule has 0 aliphatic carbocycles. The largest absolute Gasteiger partial charge is 0.481 e. The van der Waals surface area contributed by atoms with E-state index in [9.17, 15) is 9.70 Å². The molecule has 1 unspecified atom stereocenters. The lowest BCUT2D eigenvalue weighted by molar-refractivity contribution is -0.136. The molecule has 7 heteroatoms. The third-order valence-corrected chi connectivity index (χ3v) is 2.56. The normalized spacial score (nSPS) is 12.9. The highest BCUT2D eigenvalue weighted by Crippen LogP contribution is 2.07. The predicted molar refractivity (Wildman–Crippen MR) is 84.4 cm³/mol. The van der Waals surface area contributed by atoms with E-state index in [4.69, 9.17) is 5.11 Å². The summed E-state index contributed by atoms with van der Waals surface area (Å²) in [5, 5.41) is 13.0. The zero-order valence-corrected chi connectivity index (χ0v) is 13.4. The number of carboxylic acids is 1. The Morgan fingerprint density at radius 3 is 2.43 bits per heavy atom. The summed E-state index contributed by atoms with van der Waals surface area (Å²) in [6, 6.07) is 0. The molecule has 0 saturated carbocycles. The minimum atomic E-state index is -0.745. The first kappa shape index (κ1) is 21.6. The van der Waals surface area contributed by atoms with Crippen molar-refractivity contribution < 1.29 is 14.7 Å². The second kappa shape index (κ2) is 18.3. The Morgan fingerprint density at radius 1 is 1.43 bits per heavy atom. The van der Waals surface area contributed by atoms with Crippen LogP contribution in [0.2, 0.25) is 0 Å². The number of aliphatic carboxylic acids is 1. The van der Waals surface area contributed by atoms with Crippen LogP contribution in [0.3, 0.4) is 0 Å². The number of rotatable bonds is 8. The minimum absolute atomic E-state index is 0.00986. The fourth-order valence-corrected chi connectivity index (χ4v) is 1.31. The number of hydrogen-bond acceptors (Lipinski definition) is 6. The maximum atomic E-state index is 9.63. The lowest BCUT2D eigenvalue weighted by Gasteiger charge is -2.05. The molecule has 0 aromatic rings. The molecule has 0 aromatic heterocycles. The van der Waals surface area contributed by atoms with Crippen molar-refractivity contribution in [3.8, 4) is 0 Å². The van der Waals surface area contributed by atoms with Gasteiger partial charge in [0.1, 0.15) is 6.10 Å². The molecular formula is C14H29N3O4. The quantitative estimate of drug-likeness (QED) is 0.407. The summed E-state index contributed by atoms with van der Waals surface area (Å²) in [5.74, 6) is -0.745. The van der Waals surface area contributed by atoms with E-state index in [0.717, 1.165) is 25.9 Å². The van der Waals surface area contributed by atoms with Crippen LogP contribution in [-0.4, -0.2) is 36.6 Å². The van der Waals surface area contributed by atoms with Gasteiger partial charge < -0.3 is 15.3 Å². The molecule has 7 nitrogen and oxygen atoms in total. The van der Waals surface area contributed by atoms with Crippen molar-refractivity contribution >= 4 is 12.3 Å². The van der Waals surface area contributed by atoms with Gasteiger partial charge in [0.2, 0.25) is 0 Å². The van der Waals surface area contributed by atoms with Gasteiger partial charge in [-0.2, -0.15) is 0 Å². The summed E-state index contributed by atoms with van der Waals surface area (Å²) in [6.07, 6.45) is 7.74. The molecule has 0 fully saturated rings. The molecule has 1 atom stereocenters. The van der Waals surface area contributed by atoms with Crippen molar-refractivity contribution in [3.05, 3.63) is 4.91 Å². The van der Waals surface area contributed by atoms with E-state index in [1.54, 1.807) is 13.3 Å². The van der Waals surface area contributed by atoms with Crippen molar-refractivity contribution in [2.24, 2.45) is 10.3 Å². The fraction of sp³-hybridized carbons (Fsp3) is 0.857. The highest BCUT2D eigenvalue weighted by molar-refractivity contribution is 5.66. The summed E-state index contributed by atoms with van der Waals surface area (Å²) in [7, 11) is 0. The minimum Gasteiger partial charge on any atom is -0.481 e. The number of carboxylic acid groups (broad SMARTS) is 1. The van der Waals surface area contributed by atoms with E-state index in [-0.39, 0.29) is 12.5 Å². The van der Waals surface area contributed by atoms with Crippen molar-refractivity contribution in [3.63, 3.8) is 0 Å². The monoisotopic (exact) mass is 303 g/mol. The van der Waals surface area contributed by atoms with Gasteiger partial charge in [-0.3, -0.25) is 9.79 Å². The van der Waals surface area contributed by atoms with Crippen molar-refractivity contribution in [2.75, 3.05) is 13.1 Å². The van der Waals surface area contributed by atoms with Gasteiger partial charge >= 0.3 is 5.97 Å². The first-order valence-corrected chi connectivity index (χ1v) is 7.50. The Hall–Kier alpha value is -1.66. The van der Waals surface area contributed by atoms with Crippen LogP contribution in [0.4, 0.5) is 0 Å². The van der Waals surface area contributed by atoms with Gasteiger partial charge in [-0.25, -0.2) is 0 Å². The molecule has 0 spiro atoms. The fourth-order valence-electron chi connectivity index (χ4n) is 1.31. The number of nitrogens with zero attached hydrogens (tertiary/aromatic N) is 2. The molecule has 0 saturated heterocycles. The van der Waals surface area contributed by atoms with Gasteiger partial charge in [-0.15, -0.1) is 4.91 Å². The van der Waals surface area contributed by atoms with Crippen LogP contribution < -0.4 is 5.32 Å². The molecule has 1 aliphatic rings. The smallest absolute Gasteiger partial charge is 0.303 e. The molecule has 2 N–H and O–H groups in total. The molecule has 0 bridgehead atoms. The van der Waals surface area contributed by atoms with Gasteiger partial charge in [-0.05, 0) is 19.8 Å². The third-order valence-electron chi connectivity index (χ3n) is 2.56. The van der Waals surface area contributed by atoms with Crippen molar-refractivity contribution in [1.82, 2.24) is 5.32 Å². The summed E-state index contributed by atoms with van der Waals surface area (Å²) in [4.78, 5) is 27.3. The van der Waals surface area contributed by atoms with E-state index in [0.29, 0.717) is 0 Å². The van der Waals surface area contributed by atoms with Gasteiger partial charge in [0.05, 0.1) is 12.9 Å². The van der Waals surface area contributed by atoms with E-state index in [1.807, 2.05) is 6.92 Å². The zero-order valence-electron chi connectivity index (χ0n) is 13.4. The standard InChI is InChI=1S/C8H17NO2.C3H6N2.C3H6O2/c1-3-4-5-6-7-8(2)11-9-10;1-2-5-3-4-1;1-2-3(4)5/h8H,3-7H2,1-2H3;3H,1-2H2,(H,4,5);2H2,1H3,(H,4,5). The van der Waals surface area contributed by atoms with Crippen LogP contribution in [0.25, 0.3) is 0 Å². The molecule has 0 amide bonds. The van der Waals surface area contributed by atoms with Gasteiger partial charge in [0.15, 0.2) is 5.34 Å². The summed E-state index contributed by atoms with van der Waals surface area (Å²) < 4.78 is 0. The average molecular weight is 303 g/mol. The van der Waals surface area contributed by atoms with Crippen molar-refractivity contribution in [2.45, 2.75) is 65.4 Å². The first-order chi connectivity index (χ1) is 10.1. The Kier molecular flexibility index (Phi) is 18.9. The Bertz CT molecular complexity index is 267. The molecule has 0 aromatic carbocycles. The first-order valence-electron chi connectivity index (χ1n) is 7.50. The third kappa shape index (κ3) is 23.8. The lowest BCUT2D eigenvalue weighted by Crippen LogP contribution is -2.04. The SMILES string of the molecule is C1=NCCN1.CCC(=O)O.CCCCCCC(C)ON=O. The van der Waals surface area contributed by atoms with Crippen LogP contribution in [0.5, 0.6) is 0 Å². The molecule has 124 valence electrons. The Morgan fingerprint density at radius 2 is 2.10 bits per heavy atom.